The lowest BCUT2D eigenvalue weighted by atomic mass is 10.1. The molecular weight excluding hydrogens is 266 g/mol. The Morgan fingerprint density at radius 2 is 2.19 bits per heavy atom. The Kier molecular flexibility index (Phi) is 3.68. The summed E-state index contributed by atoms with van der Waals surface area (Å²) in [6.45, 7) is 4.24. The van der Waals surface area contributed by atoms with Crippen LogP contribution in [0.5, 0.6) is 0 Å². The second-order valence-corrected chi connectivity index (χ2v) is 4.19. The summed E-state index contributed by atoms with van der Waals surface area (Å²) < 4.78 is 5.45. The lowest BCUT2D eigenvalue weighted by Crippen LogP contribution is -2.04. The van der Waals surface area contributed by atoms with Crippen LogP contribution in [-0.2, 0) is 0 Å². The van der Waals surface area contributed by atoms with E-state index in [4.69, 9.17) is 4.42 Å². The summed E-state index contributed by atoms with van der Waals surface area (Å²) in [5.74, 6) is 1.16. The molecule has 0 fully saturated rings. The van der Waals surface area contributed by atoms with E-state index in [1.54, 1.807) is 37.1 Å². The minimum absolute atomic E-state index is 0.508. The molecule has 0 radical (unpaired) electrons. The molecule has 104 valence electrons. The quantitative estimate of drug-likeness (QED) is 0.724. The van der Waals surface area contributed by atoms with E-state index in [1.807, 2.05) is 12.1 Å². The Hall–Kier alpha value is -3.02. The Bertz CT molecular complexity index is 725. The van der Waals surface area contributed by atoms with E-state index < -0.39 is 0 Å². The van der Waals surface area contributed by atoms with Crippen molar-refractivity contribution in [1.29, 1.82) is 0 Å². The van der Waals surface area contributed by atoms with E-state index in [1.165, 1.54) is 0 Å². The molecule has 0 aliphatic rings. The average molecular weight is 279 g/mol. The fourth-order valence-electron chi connectivity index (χ4n) is 1.86. The van der Waals surface area contributed by atoms with Crippen molar-refractivity contribution in [3.63, 3.8) is 0 Å². The number of hydrogen-bond donors (Lipinski definition) is 1. The largest absolute Gasteiger partial charge is 0.463 e. The molecule has 0 amide bonds. The minimum Gasteiger partial charge on any atom is -0.463 e. The number of hydrogen-bond acceptors (Lipinski definition) is 6. The van der Waals surface area contributed by atoms with Crippen molar-refractivity contribution in [3.05, 3.63) is 55.8 Å². The molecule has 0 spiro atoms. The maximum absolute atomic E-state index is 5.45. The minimum atomic E-state index is 0.508. The summed E-state index contributed by atoms with van der Waals surface area (Å²) >= 11 is 0. The number of nitrogens with one attached hydrogen (secondary N) is 1. The zero-order chi connectivity index (χ0) is 14.5. The average Bonchev–Trinajstić information content (AvgIpc) is 3.08. The maximum Gasteiger partial charge on any atom is 0.223 e. The summed E-state index contributed by atoms with van der Waals surface area (Å²) in [5, 5.41) is 3.06. The first-order valence-electron chi connectivity index (χ1n) is 6.40. The van der Waals surface area contributed by atoms with Gasteiger partial charge in [0, 0.05) is 30.7 Å². The van der Waals surface area contributed by atoms with Gasteiger partial charge in [0.05, 0.1) is 18.2 Å². The van der Waals surface area contributed by atoms with Gasteiger partial charge in [-0.1, -0.05) is 6.08 Å². The van der Waals surface area contributed by atoms with Crippen LogP contribution in [0.3, 0.4) is 0 Å². The third-order valence-electron chi connectivity index (χ3n) is 2.79. The fraction of sp³-hybridized carbons (Fsp3) is 0.0667. The molecule has 3 heterocycles. The number of aromatic nitrogens is 4. The van der Waals surface area contributed by atoms with Crippen LogP contribution >= 0.6 is 0 Å². The fourth-order valence-corrected chi connectivity index (χ4v) is 1.86. The van der Waals surface area contributed by atoms with Gasteiger partial charge in [0.15, 0.2) is 5.76 Å². The van der Waals surface area contributed by atoms with Gasteiger partial charge in [-0.3, -0.25) is 9.97 Å². The van der Waals surface area contributed by atoms with Crippen molar-refractivity contribution in [3.8, 4) is 22.7 Å². The number of nitrogens with zero attached hydrogens (tertiary/aromatic N) is 4. The van der Waals surface area contributed by atoms with Gasteiger partial charge in [0.1, 0.15) is 5.69 Å². The molecule has 3 aromatic rings. The molecule has 1 N–H and O–H groups in total. The molecule has 6 nitrogen and oxygen atoms in total. The molecule has 0 saturated carbocycles. The molecular formula is C15H13N5O. The predicted molar refractivity (Wildman–Crippen MR) is 79.4 cm³/mol. The molecule has 0 aromatic carbocycles. The van der Waals surface area contributed by atoms with Gasteiger partial charge in [0.2, 0.25) is 5.95 Å². The van der Waals surface area contributed by atoms with E-state index in [-0.39, 0.29) is 0 Å². The third kappa shape index (κ3) is 2.79. The van der Waals surface area contributed by atoms with E-state index in [0.717, 1.165) is 5.56 Å². The zero-order valence-electron chi connectivity index (χ0n) is 11.2. The standard InChI is InChI=1S/C15H13N5O/c1-2-5-18-15-19-9-11(12-10-16-6-7-17-12)14(20-15)13-4-3-8-21-13/h2-4,6-10H,1,5H2,(H,18,19,20). The second kappa shape index (κ2) is 5.96. The van der Waals surface area contributed by atoms with Crippen LogP contribution in [-0.4, -0.2) is 26.5 Å². The summed E-state index contributed by atoms with van der Waals surface area (Å²) in [6, 6.07) is 3.66. The molecule has 21 heavy (non-hydrogen) atoms. The van der Waals surface area contributed by atoms with Crippen molar-refractivity contribution in [2.75, 3.05) is 11.9 Å². The van der Waals surface area contributed by atoms with Crippen molar-refractivity contribution in [2.45, 2.75) is 0 Å². The Labute approximate surface area is 121 Å². The normalized spacial score (nSPS) is 10.3. The molecule has 3 aromatic heterocycles. The molecule has 0 saturated heterocycles. The molecule has 0 atom stereocenters. The highest BCUT2D eigenvalue weighted by molar-refractivity contribution is 5.76. The zero-order valence-corrected chi connectivity index (χ0v) is 11.2. The maximum atomic E-state index is 5.45. The summed E-state index contributed by atoms with van der Waals surface area (Å²) in [7, 11) is 0. The molecule has 0 unspecified atom stereocenters. The van der Waals surface area contributed by atoms with E-state index in [0.29, 0.717) is 29.6 Å². The van der Waals surface area contributed by atoms with Crippen LogP contribution in [0.1, 0.15) is 0 Å². The Morgan fingerprint density at radius 1 is 1.24 bits per heavy atom. The van der Waals surface area contributed by atoms with E-state index in [2.05, 4.69) is 31.8 Å². The summed E-state index contributed by atoms with van der Waals surface area (Å²) in [6.07, 6.45) is 9.98. The van der Waals surface area contributed by atoms with Gasteiger partial charge in [-0.15, -0.1) is 6.58 Å². The van der Waals surface area contributed by atoms with E-state index in [9.17, 15) is 0 Å². The van der Waals surface area contributed by atoms with Crippen molar-refractivity contribution >= 4 is 5.95 Å². The van der Waals surface area contributed by atoms with Gasteiger partial charge in [0.25, 0.3) is 0 Å². The van der Waals surface area contributed by atoms with Gasteiger partial charge < -0.3 is 9.73 Å². The first-order valence-corrected chi connectivity index (χ1v) is 6.40. The SMILES string of the molecule is C=CCNc1ncc(-c2cnccn2)c(-c2ccco2)n1. The lowest BCUT2D eigenvalue weighted by Gasteiger charge is -2.08. The van der Waals surface area contributed by atoms with Gasteiger partial charge in [-0.2, -0.15) is 0 Å². The smallest absolute Gasteiger partial charge is 0.223 e. The highest BCUT2D eigenvalue weighted by Gasteiger charge is 2.14. The van der Waals surface area contributed by atoms with Crippen molar-refractivity contribution in [1.82, 2.24) is 19.9 Å². The first kappa shape index (κ1) is 13.0. The van der Waals surface area contributed by atoms with Crippen LogP contribution in [0.15, 0.2) is 60.3 Å². The summed E-state index contributed by atoms with van der Waals surface area (Å²) in [5.41, 5.74) is 2.13. The molecule has 0 aliphatic carbocycles. The van der Waals surface area contributed by atoms with Crippen molar-refractivity contribution in [2.24, 2.45) is 0 Å². The van der Waals surface area contributed by atoms with Crippen LogP contribution in [0.25, 0.3) is 22.7 Å². The van der Waals surface area contributed by atoms with Crippen molar-refractivity contribution < 1.29 is 4.42 Å². The van der Waals surface area contributed by atoms with Crippen LogP contribution < -0.4 is 5.32 Å². The number of furan rings is 1. The van der Waals surface area contributed by atoms with Crippen LogP contribution in [0, 0.1) is 0 Å². The number of rotatable bonds is 5. The lowest BCUT2D eigenvalue weighted by molar-refractivity contribution is 0.580. The Morgan fingerprint density at radius 3 is 2.90 bits per heavy atom. The summed E-state index contributed by atoms with van der Waals surface area (Å²) in [4.78, 5) is 17.1. The topological polar surface area (TPSA) is 76.7 Å². The van der Waals surface area contributed by atoms with Gasteiger partial charge in [-0.25, -0.2) is 9.97 Å². The number of anilines is 1. The van der Waals surface area contributed by atoms with Gasteiger partial charge >= 0.3 is 0 Å². The monoisotopic (exact) mass is 279 g/mol. The van der Waals surface area contributed by atoms with E-state index >= 15 is 0 Å². The molecule has 0 aliphatic heterocycles. The van der Waals surface area contributed by atoms with Gasteiger partial charge in [-0.05, 0) is 12.1 Å². The predicted octanol–water partition coefficient (Wildman–Crippen LogP) is 2.79. The molecule has 6 heteroatoms. The van der Waals surface area contributed by atoms with Crippen LogP contribution in [0.4, 0.5) is 5.95 Å². The highest BCUT2D eigenvalue weighted by atomic mass is 16.3. The molecule has 0 bridgehead atoms. The first-order chi connectivity index (χ1) is 10.4. The highest BCUT2D eigenvalue weighted by Crippen LogP contribution is 2.29. The van der Waals surface area contributed by atoms with Crippen LogP contribution in [0.2, 0.25) is 0 Å². The Balaban J connectivity index is 2.09. The third-order valence-corrected chi connectivity index (χ3v) is 2.79. The second-order valence-electron chi connectivity index (χ2n) is 4.19. The molecule has 3 rings (SSSR count).